The molecule has 4 nitrogen and oxygen atoms in total. The molecule has 2 heterocycles. The molecule has 5 unspecified atom stereocenters. The number of aromatic nitrogens is 2. The third kappa shape index (κ3) is 3.59. The van der Waals surface area contributed by atoms with Gasteiger partial charge in [-0.2, -0.15) is 16.7 Å². The molecule has 0 amide bonds. The average molecular weight is 328 g/mol. The van der Waals surface area contributed by atoms with Crippen LogP contribution in [0.25, 0.3) is 0 Å². The van der Waals surface area contributed by atoms with E-state index < -0.39 is 0 Å². The van der Waals surface area contributed by atoms with E-state index in [1.54, 1.807) is 0 Å². The Morgan fingerprint density at radius 1 is 1.14 bits per heavy atom. The van der Waals surface area contributed by atoms with Crippen molar-refractivity contribution in [3.8, 4) is 0 Å². The van der Waals surface area contributed by atoms with E-state index in [1.165, 1.54) is 19.3 Å². The molecular weight excluding hydrogens is 302 g/mol. The summed E-state index contributed by atoms with van der Waals surface area (Å²) in [6, 6.07) is 0.174. The Kier molecular flexibility index (Phi) is 5.17. The van der Waals surface area contributed by atoms with Gasteiger partial charge >= 0.3 is 0 Å². The standard InChI is InChI=1S/C15H25N3OS2/c1-9-10(2)21-13(8-20-9)14-17-15(19-18-14)11-6-4-3-5-7-12(11)16/h9-13H,3-8,16H2,1-2H3. The van der Waals surface area contributed by atoms with Crippen molar-refractivity contribution in [2.24, 2.45) is 5.73 Å². The Morgan fingerprint density at radius 3 is 2.76 bits per heavy atom. The van der Waals surface area contributed by atoms with Crippen LogP contribution in [0.1, 0.15) is 68.8 Å². The number of hydrogen-bond acceptors (Lipinski definition) is 6. The topological polar surface area (TPSA) is 64.9 Å². The highest BCUT2D eigenvalue weighted by atomic mass is 32.2. The van der Waals surface area contributed by atoms with Crippen LogP contribution in [0.5, 0.6) is 0 Å². The van der Waals surface area contributed by atoms with Gasteiger partial charge in [0.1, 0.15) is 0 Å². The van der Waals surface area contributed by atoms with Crippen molar-refractivity contribution >= 4 is 23.5 Å². The highest BCUT2D eigenvalue weighted by Crippen LogP contribution is 2.43. The molecule has 2 fully saturated rings. The van der Waals surface area contributed by atoms with Gasteiger partial charge in [0.05, 0.1) is 11.2 Å². The summed E-state index contributed by atoms with van der Waals surface area (Å²) in [4.78, 5) is 4.72. The molecule has 1 saturated carbocycles. The predicted molar refractivity (Wildman–Crippen MR) is 89.8 cm³/mol. The van der Waals surface area contributed by atoms with Crippen molar-refractivity contribution in [2.75, 3.05) is 5.75 Å². The molecule has 21 heavy (non-hydrogen) atoms. The number of nitrogens with zero attached hydrogens (tertiary/aromatic N) is 2. The first-order valence-corrected chi connectivity index (χ1v) is 10.0. The van der Waals surface area contributed by atoms with E-state index in [0.29, 0.717) is 15.7 Å². The summed E-state index contributed by atoms with van der Waals surface area (Å²) in [7, 11) is 0. The van der Waals surface area contributed by atoms with E-state index in [-0.39, 0.29) is 12.0 Å². The van der Waals surface area contributed by atoms with Crippen LogP contribution < -0.4 is 5.73 Å². The minimum Gasteiger partial charge on any atom is -0.339 e. The third-order valence-corrected chi connectivity index (χ3v) is 8.07. The Morgan fingerprint density at radius 2 is 1.95 bits per heavy atom. The maximum Gasteiger partial charge on any atom is 0.231 e. The lowest BCUT2D eigenvalue weighted by molar-refractivity contribution is 0.323. The molecular formula is C15H25N3OS2. The summed E-state index contributed by atoms with van der Waals surface area (Å²) in [5.74, 6) is 2.98. The molecule has 118 valence electrons. The highest BCUT2D eigenvalue weighted by Gasteiger charge is 2.32. The smallest absolute Gasteiger partial charge is 0.231 e. The third-order valence-electron chi connectivity index (χ3n) is 4.68. The monoisotopic (exact) mass is 327 g/mol. The lowest BCUT2D eigenvalue weighted by Gasteiger charge is -2.29. The van der Waals surface area contributed by atoms with Crippen LogP contribution >= 0.6 is 23.5 Å². The zero-order valence-electron chi connectivity index (χ0n) is 12.8. The molecule has 1 aliphatic carbocycles. The van der Waals surface area contributed by atoms with Crippen molar-refractivity contribution in [2.45, 2.75) is 73.7 Å². The van der Waals surface area contributed by atoms with Gasteiger partial charge in [0.15, 0.2) is 5.82 Å². The van der Waals surface area contributed by atoms with Crippen molar-refractivity contribution in [1.82, 2.24) is 10.1 Å². The Bertz CT molecular complexity index is 468. The SMILES string of the molecule is CC1SCC(c2noc(C3CCCCCC3N)n2)SC1C. The second kappa shape index (κ2) is 6.92. The van der Waals surface area contributed by atoms with Gasteiger partial charge in [0, 0.05) is 22.3 Å². The maximum atomic E-state index is 6.30. The van der Waals surface area contributed by atoms with E-state index >= 15 is 0 Å². The summed E-state index contributed by atoms with van der Waals surface area (Å²) in [5.41, 5.74) is 6.30. The fourth-order valence-electron chi connectivity index (χ4n) is 3.09. The number of thioether (sulfide) groups is 2. The minimum atomic E-state index is 0.174. The van der Waals surface area contributed by atoms with Gasteiger partial charge in [-0.3, -0.25) is 0 Å². The molecule has 1 aliphatic heterocycles. The molecule has 5 atom stereocenters. The largest absolute Gasteiger partial charge is 0.339 e. The molecule has 3 rings (SSSR count). The van der Waals surface area contributed by atoms with Gasteiger partial charge in [-0.25, -0.2) is 0 Å². The highest BCUT2D eigenvalue weighted by molar-refractivity contribution is 8.07. The van der Waals surface area contributed by atoms with Crippen LogP contribution in [0, 0.1) is 0 Å². The minimum absolute atomic E-state index is 0.174. The van der Waals surface area contributed by atoms with Gasteiger partial charge in [-0.1, -0.05) is 38.3 Å². The molecule has 0 aromatic carbocycles. The summed E-state index contributed by atoms with van der Waals surface area (Å²) in [5, 5.41) is 5.96. The van der Waals surface area contributed by atoms with Crippen molar-refractivity contribution in [3.63, 3.8) is 0 Å². The first-order valence-electron chi connectivity index (χ1n) is 8.01. The van der Waals surface area contributed by atoms with Crippen LogP contribution in [0.3, 0.4) is 0 Å². The Labute approximate surface area is 135 Å². The number of rotatable bonds is 2. The first kappa shape index (κ1) is 15.7. The van der Waals surface area contributed by atoms with Crippen molar-refractivity contribution in [1.29, 1.82) is 0 Å². The molecule has 0 spiro atoms. The maximum absolute atomic E-state index is 6.30. The van der Waals surface area contributed by atoms with Crippen LogP contribution in [0.2, 0.25) is 0 Å². The summed E-state index contributed by atoms with van der Waals surface area (Å²) in [6.07, 6.45) is 5.88. The lowest BCUT2D eigenvalue weighted by Crippen LogP contribution is -2.27. The molecule has 1 saturated heterocycles. The zero-order valence-corrected chi connectivity index (χ0v) is 14.5. The van der Waals surface area contributed by atoms with Crippen LogP contribution in [-0.2, 0) is 0 Å². The first-order chi connectivity index (χ1) is 10.1. The molecule has 1 aromatic rings. The molecule has 2 N–H and O–H groups in total. The van der Waals surface area contributed by atoms with Crippen LogP contribution in [0.15, 0.2) is 4.52 Å². The second-order valence-electron chi connectivity index (χ2n) is 6.27. The van der Waals surface area contributed by atoms with Gasteiger partial charge in [0.25, 0.3) is 0 Å². The molecule has 6 heteroatoms. The lowest BCUT2D eigenvalue weighted by atomic mass is 9.95. The van der Waals surface area contributed by atoms with Gasteiger partial charge < -0.3 is 10.3 Å². The van der Waals surface area contributed by atoms with E-state index in [1.807, 2.05) is 23.5 Å². The van der Waals surface area contributed by atoms with Crippen molar-refractivity contribution < 1.29 is 4.52 Å². The Balaban J connectivity index is 1.71. The van der Waals surface area contributed by atoms with E-state index in [2.05, 4.69) is 19.0 Å². The fraction of sp³-hybridized carbons (Fsp3) is 0.867. The fourth-order valence-corrected chi connectivity index (χ4v) is 5.92. The molecule has 2 aliphatic rings. The Hall–Kier alpha value is -0.200. The zero-order chi connectivity index (χ0) is 14.8. The summed E-state index contributed by atoms with van der Waals surface area (Å²) in [6.45, 7) is 4.58. The van der Waals surface area contributed by atoms with Gasteiger partial charge in [0.2, 0.25) is 5.89 Å². The second-order valence-corrected chi connectivity index (χ2v) is 9.26. The van der Waals surface area contributed by atoms with Gasteiger partial charge in [-0.15, -0.1) is 11.8 Å². The van der Waals surface area contributed by atoms with Crippen LogP contribution in [-0.4, -0.2) is 32.4 Å². The average Bonchev–Trinajstić information content (AvgIpc) is 2.85. The molecule has 0 radical (unpaired) electrons. The number of hydrogen-bond donors (Lipinski definition) is 1. The van der Waals surface area contributed by atoms with E-state index in [0.717, 1.165) is 30.3 Å². The van der Waals surface area contributed by atoms with Gasteiger partial charge in [-0.05, 0) is 12.8 Å². The molecule has 0 bridgehead atoms. The van der Waals surface area contributed by atoms with Crippen molar-refractivity contribution in [3.05, 3.63) is 11.7 Å². The molecule has 1 aromatic heterocycles. The number of nitrogens with two attached hydrogens (primary N) is 1. The quantitative estimate of drug-likeness (QED) is 0.835. The summed E-state index contributed by atoms with van der Waals surface area (Å²) >= 11 is 3.99. The van der Waals surface area contributed by atoms with E-state index in [9.17, 15) is 0 Å². The van der Waals surface area contributed by atoms with E-state index in [4.69, 9.17) is 15.2 Å². The van der Waals surface area contributed by atoms with Crippen LogP contribution in [0.4, 0.5) is 0 Å². The summed E-state index contributed by atoms with van der Waals surface area (Å²) < 4.78 is 5.58. The predicted octanol–water partition coefficient (Wildman–Crippen LogP) is 3.74. The normalized spacial score (nSPS) is 38.1.